The van der Waals surface area contributed by atoms with Crippen LogP contribution in [-0.2, 0) is 23.1 Å². The highest BCUT2D eigenvalue weighted by Gasteiger charge is 2.49. The van der Waals surface area contributed by atoms with Gasteiger partial charge in [0.25, 0.3) is 0 Å². The Hall–Kier alpha value is -1.29. The van der Waals surface area contributed by atoms with Gasteiger partial charge in [-0.15, -0.1) is 0 Å². The van der Waals surface area contributed by atoms with Gasteiger partial charge in [0, 0.05) is 20.4 Å². The van der Waals surface area contributed by atoms with Gasteiger partial charge in [0.05, 0.1) is 6.10 Å². The fourth-order valence-corrected chi connectivity index (χ4v) is 3.10. The van der Waals surface area contributed by atoms with Gasteiger partial charge in [-0.3, -0.25) is 13.6 Å². The molecule has 3 N–H and O–H groups in total. The van der Waals surface area contributed by atoms with Crippen LogP contribution >= 0.6 is 7.82 Å². The summed E-state index contributed by atoms with van der Waals surface area (Å²) in [5, 5.41) is 0. The molecule has 1 aromatic rings. The average Bonchev–Trinajstić information content (AvgIpc) is 2.84. The zero-order chi connectivity index (χ0) is 17.2. The van der Waals surface area contributed by atoms with Crippen LogP contribution in [0.25, 0.3) is 0 Å². The van der Waals surface area contributed by atoms with Gasteiger partial charge in [-0.25, -0.2) is 9.36 Å². The van der Waals surface area contributed by atoms with Gasteiger partial charge in [-0.05, 0) is 12.5 Å². The van der Waals surface area contributed by atoms with Crippen molar-refractivity contribution in [2.45, 2.75) is 37.9 Å². The Kier molecular flexibility index (Phi) is 5.56. The van der Waals surface area contributed by atoms with Crippen LogP contribution in [0.15, 0.2) is 17.1 Å². The number of hydrogen-bond acceptors (Lipinski definition) is 8. The first-order valence-corrected chi connectivity index (χ1v) is 8.42. The fourth-order valence-electron chi connectivity index (χ4n) is 2.45. The second kappa shape index (κ2) is 7.08. The summed E-state index contributed by atoms with van der Waals surface area (Å²) in [6.07, 6.45) is -1.24. The summed E-state index contributed by atoms with van der Waals surface area (Å²) in [5.41, 5.74) is 4.85. The van der Waals surface area contributed by atoms with Crippen LogP contribution < -0.4 is 11.4 Å². The molecule has 2 rings (SSSR count). The average molecular weight is 349 g/mol. The zero-order valence-electron chi connectivity index (χ0n) is 13.0. The number of nitrogens with zero attached hydrogens (tertiary/aromatic N) is 2. The van der Waals surface area contributed by atoms with Crippen molar-refractivity contribution in [1.82, 2.24) is 9.55 Å². The molecular formula is C12H20N3O7P. The van der Waals surface area contributed by atoms with E-state index in [9.17, 15) is 14.3 Å². The zero-order valence-corrected chi connectivity index (χ0v) is 13.9. The van der Waals surface area contributed by atoms with Gasteiger partial charge in [-0.2, -0.15) is 4.98 Å². The quantitative estimate of drug-likeness (QED) is 0.694. The maximum absolute atomic E-state index is 12.0. The summed E-state index contributed by atoms with van der Waals surface area (Å²) in [6.45, 7) is 1.81. The molecule has 0 radical (unpaired) electrons. The van der Waals surface area contributed by atoms with Crippen LogP contribution in [0.4, 0.5) is 5.82 Å². The predicted octanol–water partition coefficient (Wildman–Crippen LogP) is 0.280. The third-order valence-corrected chi connectivity index (χ3v) is 4.54. The Labute approximate surface area is 132 Å². The Morgan fingerprint density at radius 3 is 2.70 bits per heavy atom. The molecule has 0 aromatic carbocycles. The summed E-state index contributed by atoms with van der Waals surface area (Å²) >= 11 is 0. The molecule has 0 aliphatic carbocycles. The van der Waals surface area contributed by atoms with Crippen molar-refractivity contribution in [2.24, 2.45) is 0 Å². The van der Waals surface area contributed by atoms with Crippen molar-refractivity contribution >= 4 is 13.6 Å². The molecule has 0 spiro atoms. The number of methoxy groups -OCH3 is 1. The molecule has 1 aromatic heterocycles. The number of ether oxygens (including phenoxy) is 2. The van der Waals surface area contributed by atoms with Crippen LogP contribution in [0.1, 0.15) is 19.6 Å². The number of nitrogen functional groups attached to an aromatic ring is 1. The molecule has 10 nitrogen and oxygen atoms in total. The fraction of sp³-hybridized carbons (Fsp3) is 0.667. The standard InChI is InChI=1S/C12H20N3O7P/c1-4-7-9(22-23(17,18)20-3)10(19-2)11(21-7)15-6-5-8(13)14-12(15)16/h5-7,9-11H,4H2,1-3H3,(H,17,18)(H2,13,14,16)/t7-,9?,10?,11-/m1/s1. The molecule has 23 heavy (non-hydrogen) atoms. The minimum atomic E-state index is -4.24. The van der Waals surface area contributed by atoms with Gasteiger partial charge < -0.3 is 20.1 Å². The molecule has 3 unspecified atom stereocenters. The molecule has 1 saturated heterocycles. The van der Waals surface area contributed by atoms with Crippen molar-refractivity contribution in [3.8, 4) is 0 Å². The van der Waals surface area contributed by atoms with Crippen LogP contribution in [0.5, 0.6) is 0 Å². The molecule has 0 saturated carbocycles. The number of phosphoric acid groups is 1. The summed E-state index contributed by atoms with van der Waals surface area (Å²) in [7, 11) is -1.79. The van der Waals surface area contributed by atoms with E-state index >= 15 is 0 Å². The number of nitrogens with two attached hydrogens (primary N) is 1. The SMILES string of the molecule is CC[C@H]1O[C@@H](n2ccc(N)nc2=O)C(OC)C1OP(=O)(O)OC. The highest BCUT2D eigenvalue weighted by molar-refractivity contribution is 7.47. The first-order chi connectivity index (χ1) is 10.8. The molecule has 1 aliphatic rings. The monoisotopic (exact) mass is 349 g/mol. The topological polar surface area (TPSA) is 135 Å². The molecule has 0 bridgehead atoms. The minimum Gasteiger partial charge on any atom is -0.383 e. The van der Waals surface area contributed by atoms with E-state index in [2.05, 4.69) is 9.51 Å². The summed E-state index contributed by atoms with van der Waals surface area (Å²) < 4.78 is 33.6. The first kappa shape index (κ1) is 18.1. The molecule has 0 amide bonds. The predicted molar refractivity (Wildman–Crippen MR) is 79.6 cm³/mol. The van der Waals surface area contributed by atoms with E-state index in [1.54, 1.807) is 0 Å². The maximum atomic E-state index is 12.0. The molecule has 2 heterocycles. The largest absolute Gasteiger partial charge is 0.472 e. The van der Waals surface area contributed by atoms with Crippen molar-refractivity contribution in [2.75, 3.05) is 20.0 Å². The lowest BCUT2D eigenvalue weighted by atomic mass is 10.1. The van der Waals surface area contributed by atoms with Crippen molar-refractivity contribution in [1.29, 1.82) is 0 Å². The van der Waals surface area contributed by atoms with Crippen LogP contribution in [-0.4, -0.2) is 47.0 Å². The van der Waals surface area contributed by atoms with Crippen molar-refractivity contribution < 1.29 is 28.0 Å². The van der Waals surface area contributed by atoms with Crippen LogP contribution in [0.3, 0.4) is 0 Å². The highest BCUT2D eigenvalue weighted by Crippen LogP contribution is 2.48. The maximum Gasteiger partial charge on any atom is 0.472 e. The Morgan fingerprint density at radius 2 is 2.17 bits per heavy atom. The Balaban J connectivity index is 2.35. The van der Waals surface area contributed by atoms with E-state index in [1.807, 2.05) is 6.92 Å². The van der Waals surface area contributed by atoms with Gasteiger partial charge in [0.15, 0.2) is 6.23 Å². The molecule has 5 atom stereocenters. The van der Waals surface area contributed by atoms with E-state index in [4.69, 9.17) is 19.7 Å². The number of anilines is 1. The summed E-state index contributed by atoms with van der Waals surface area (Å²) in [4.78, 5) is 25.2. The molecule has 11 heteroatoms. The second-order valence-electron chi connectivity index (χ2n) is 4.94. The van der Waals surface area contributed by atoms with Crippen molar-refractivity contribution in [3.63, 3.8) is 0 Å². The van der Waals surface area contributed by atoms with E-state index < -0.39 is 38.1 Å². The van der Waals surface area contributed by atoms with Gasteiger partial charge in [-0.1, -0.05) is 6.92 Å². The van der Waals surface area contributed by atoms with E-state index in [0.29, 0.717) is 6.42 Å². The normalized spacial score (nSPS) is 30.3. The number of hydrogen-bond donors (Lipinski definition) is 2. The third-order valence-electron chi connectivity index (χ3n) is 3.57. The summed E-state index contributed by atoms with van der Waals surface area (Å²) in [6, 6.07) is 1.44. The lowest BCUT2D eigenvalue weighted by molar-refractivity contribution is -0.0541. The molecule has 1 aliphatic heterocycles. The number of phosphoric ester groups is 1. The van der Waals surface area contributed by atoms with Gasteiger partial charge >= 0.3 is 13.5 Å². The van der Waals surface area contributed by atoms with Crippen LogP contribution in [0.2, 0.25) is 0 Å². The lowest BCUT2D eigenvalue weighted by Crippen LogP contribution is -2.38. The van der Waals surface area contributed by atoms with Crippen molar-refractivity contribution in [3.05, 3.63) is 22.7 Å². The second-order valence-corrected chi connectivity index (χ2v) is 6.45. The number of aromatic nitrogens is 2. The smallest absolute Gasteiger partial charge is 0.383 e. The van der Waals surface area contributed by atoms with Gasteiger partial charge in [0.1, 0.15) is 18.0 Å². The first-order valence-electron chi connectivity index (χ1n) is 6.92. The highest BCUT2D eigenvalue weighted by atomic mass is 31.2. The van der Waals surface area contributed by atoms with E-state index in [0.717, 1.165) is 7.11 Å². The number of rotatable bonds is 6. The molecular weight excluding hydrogens is 329 g/mol. The van der Waals surface area contributed by atoms with E-state index in [-0.39, 0.29) is 5.82 Å². The Bertz CT molecular complexity index is 652. The van der Waals surface area contributed by atoms with Crippen LogP contribution in [0, 0.1) is 0 Å². The van der Waals surface area contributed by atoms with Gasteiger partial charge in [0.2, 0.25) is 0 Å². The Morgan fingerprint density at radius 1 is 1.48 bits per heavy atom. The van der Waals surface area contributed by atoms with E-state index in [1.165, 1.54) is 23.9 Å². The molecule has 130 valence electrons. The lowest BCUT2D eigenvalue weighted by Gasteiger charge is -2.24. The minimum absolute atomic E-state index is 0.0808. The summed E-state index contributed by atoms with van der Waals surface area (Å²) in [5.74, 6) is 0.0808. The molecule has 1 fully saturated rings. The third kappa shape index (κ3) is 3.79.